The zero-order valence-corrected chi connectivity index (χ0v) is 13.7. The molecule has 1 aromatic heterocycles. The summed E-state index contributed by atoms with van der Waals surface area (Å²) >= 11 is 0. The number of barbiturate groups is 1. The van der Waals surface area contributed by atoms with Crippen LogP contribution in [0.25, 0.3) is 0 Å². The van der Waals surface area contributed by atoms with Crippen molar-refractivity contribution < 1.29 is 19.2 Å². The van der Waals surface area contributed by atoms with Gasteiger partial charge in [-0.1, -0.05) is 30.3 Å². The van der Waals surface area contributed by atoms with Gasteiger partial charge in [0, 0.05) is 20.3 Å². The van der Waals surface area contributed by atoms with Crippen LogP contribution in [0.15, 0.2) is 42.7 Å². The average Bonchev–Trinajstić information content (AvgIpc) is 3.07. The van der Waals surface area contributed by atoms with Gasteiger partial charge in [-0.2, -0.15) is 5.10 Å². The quantitative estimate of drug-likeness (QED) is 0.606. The second-order valence-corrected chi connectivity index (χ2v) is 5.79. The molecule has 128 valence electrons. The lowest BCUT2D eigenvalue weighted by Gasteiger charge is -2.31. The SMILES string of the molecule is CN1C(=O)C(C(=O)c2cnn(Cc3ccccc3)c2)C(=O)N(C)C1=O. The summed E-state index contributed by atoms with van der Waals surface area (Å²) < 4.78 is 1.55. The lowest BCUT2D eigenvalue weighted by molar-refractivity contribution is -0.145. The van der Waals surface area contributed by atoms with Crippen molar-refractivity contribution in [1.82, 2.24) is 19.6 Å². The monoisotopic (exact) mass is 340 g/mol. The first-order chi connectivity index (χ1) is 11.9. The normalized spacial score (nSPS) is 15.8. The van der Waals surface area contributed by atoms with Gasteiger partial charge in [0.15, 0.2) is 11.7 Å². The molecule has 25 heavy (non-hydrogen) atoms. The Labute approximate surface area is 143 Å². The predicted molar refractivity (Wildman–Crippen MR) is 86.5 cm³/mol. The van der Waals surface area contributed by atoms with E-state index >= 15 is 0 Å². The average molecular weight is 340 g/mol. The zero-order valence-electron chi connectivity index (χ0n) is 13.7. The molecule has 3 rings (SSSR count). The first-order valence-electron chi connectivity index (χ1n) is 7.60. The van der Waals surface area contributed by atoms with Crippen LogP contribution in [-0.2, 0) is 16.1 Å². The maximum atomic E-state index is 12.6. The minimum Gasteiger partial charge on any atom is -0.293 e. The third-order valence-electron chi connectivity index (χ3n) is 4.10. The van der Waals surface area contributed by atoms with Crippen molar-refractivity contribution in [2.24, 2.45) is 5.92 Å². The summed E-state index contributed by atoms with van der Waals surface area (Å²) in [4.78, 5) is 50.3. The molecule has 2 aromatic rings. The van der Waals surface area contributed by atoms with Gasteiger partial charge in [0.1, 0.15) is 0 Å². The zero-order chi connectivity index (χ0) is 18.1. The van der Waals surface area contributed by atoms with Crippen molar-refractivity contribution in [3.63, 3.8) is 0 Å². The number of carbonyl (C=O) groups is 4. The van der Waals surface area contributed by atoms with E-state index in [0.29, 0.717) is 6.54 Å². The number of urea groups is 1. The predicted octanol–water partition coefficient (Wildman–Crippen LogP) is 0.781. The molecule has 2 heterocycles. The number of imide groups is 2. The van der Waals surface area contributed by atoms with Crippen LogP contribution in [0.2, 0.25) is 0 Å². The van der Waals surface area contributed by atoms with E-state index in [2.05, 4.69) is 5.10 Å². The smallest absolute Gasteiger partial charge is 0.293 e. The molecule has 0 spiro atoms. The van der Waals surface area contributed by atoms with Crippen LogP contribution < -0.4 is 0 Å². The number of carbonyl (C=O) groups excluding carboxylic acids is 4. The number of Topliss-reactive ketones (excluding diaryl/α,β-unsaturated/α-hetero) is 1. The van der Waals surface area contributed by atoms with E-state index in [0.717, 1.165) is 15.4 Å². The van der Waals surface area contributed by atoms with Gasteiger partial charge >= 0.3 is 6.03 Å². The second kappa shape index (κ2) is 6.31. The third kappa shape index (κ3) is 2.93. The molecule has 1 fully saturated rings. The summed E-state index contributed by atoms with van der Waals surface area (Å²) in [6.45, 7) is 0.457. The second-order valence-electron chi connectivity index (χ2n) is 5.79. The number of rotatable bonds is 4. The Morgan fingerprint density at radius 2 is 1.64 bits per heavy atom. The van der Waals surface area contributed by atoms with Gasteiger partial charge in [-0.3, -0.25) is 28.9 Å². The Balaban J connectivity index is 1.82. The lowest BCUT2D eigenvalue weighted by Crippen LogP contribution is -2.58. The molecule has 1 saturated heterocycles. The molecule has 0 radical (unpaired) electrons. The van der Waals surface area contributed by atoms with Crippen molar-refractivity contribution in [2.45, 2.75) is 6.54 Å². The van der Waals surface area contributed by atoms with E-state index in [1.54, 1.807) is 4.68 Å². The van der Waals surface area contributed by atoms with Gasteiger partial charge in [-0.05, 0) is 5.56 Å². The summed E-state index contributed by atoms with van der Waals surface area (Å²) in [5.41, 5.74) is 1.15. The minimum atomic E-state index is -1.55. The highest BCUT2D eigenvalue weighted by molar-refractivity contribution is 6.29. The number of amides is 4. The number of benzene rings is 1. The maximum Gasteiger partial charge on any atom is 0.332 e. The summed E-state index contributed by atoms with van der Waals surface area (Å²) in [6, 6.07) is 8.79. The molecule has 8 heteroatoms. The van der Waals surface area contributed by atoms with Crippen molar-refractivity contribution in [1.29, 1.82) is 0 Å². The largest absolute Gasteiger partial charge is 0.332 e. The summed E-state index contributed by atoms with van der Waals surface area (Å²) in [5, 5.41) is 4.11. The van der Waals surface area contributed by atoms with E-state index in [-0.39, 0.29) is 5.56 Å². The summed E-state index contributed by atoms with van der Waals surface area (Å²) in [5.74, 6) is -3.87. The third-order valence-corrected chi connectivity index (χ3v) is 4.10. The van der Waals surface area contributed by atoms with Gasteiger partial charge < -0.3 is 0 Å². The topological polar surface area (TPSA) is 92.6 Å². The van der Waals surface area contributed by atoms with Crippen molar-refractivity contribution >= 4 is 23.6 Å². The van der Waals surface area contributed by atoms with Crippen molar-refractivity contribution in [2.75, 3.05) is 14.1 Å². The van der Waals surface area contributed by atoms with Crippen LogP contribution >= 0.6 is 0 Å². The highest BCUT2D eigenvalue weighted by Gasteiger charge is 2.47. The fraction of sp³-hybridized carbons (Fsp3) is 0.235. The minimum absolute atomic E-state index is 0.152. The van der Waals surface area contributed by atoms with E-state index in [4.69, 9.17) is 0 Å². The van der Waals surface area contributed by atoms with Gasteiger partial charge in [0.25, 0.3) is 11.8 Å². The van der Waals surface area contributed by atoms with Crippen LogP contribution in [0.1, 0.15) is 15.9 Å². The van der Waals surface area contributed by atoms with E-state index < -0.39 is 29.5 Å². The Morgan fingerprint density at radius 3 is 2.24 bits per heavy atom. The Kier molecular flexibility index (Phi) is 4.18. The molecule has 0 unspecified atom stereocenters. The molecular weight excluding hydrogens is 324 g/mol. The number of ketones is 1. The Hall–Kier alpha value is -3.29. The summed E-state index contributed by atoms with van der Waals surface area (Å²) in [7, 11) is 2.49. The van der Waals surface area contributed by atoms with E-state index in [1.807, 2.05) is 30.3 Å². The Morgan fingerprint density at radius 1 is 1.04 bits per heavy atom. The molecule has 8 nitrogen and oxygen atoms in total. The van der Waals surface area contributed by atoms with Crippen LogP contribution in [0.5, 0.6) is 0 Å². The molecule has 0 bridgehead atoms. The molecule has 0 N–H and O–H groups in total. The molecule has 0 atom stereocenters. The van der Waals surface area contributed by atoms with Crippen LogP contribution in [0, 0.1) is 5.92 Å². The first kappa shape index (κ1) is 16.6. The van der Waals surface area contributed by atoms with Gasteiger partial charge in [0.2, 0.25) is 0 Å². The van der Waals surface area contributed by atoms with Crippen LogP contribution in [-0.4, -0.2) is 57.3 Å². The van der Waals surface area contributed by atoms with E-state index in [1.165, 1.54) is 26.5 Å². The maximum absolute atomic E-state index is 12.6. The van der Waals surface area contributed by atoms with Crippen molar-refractivity contribution in [3.8, 4) is 0 Å². The van der Waals surface area contributed by atoms with E-state index in [9.17, 15) is 19.2 Å². The number of hydrogen-bond acceptors (Lipinski definition) is 5. The Bertz CT molecular complexity index is 835. The number of aromatic nitrogens is 2. The molecular formula is C17H16N4O4. The fourth-order valence-electron chi connectivity index (χ4n) is 2.65. The highest BCUT2D eigenvalue weighted by atomic mass is 16.2. The molecule has 4 amide bonds. The first-order valence-corrected chi connectivity index (χ1v) is 7.60. The molecule has 1 aliphatic heterocycles. The van der Waals surface area contributed by atoms with Crippen LogP contribution in [0.4, 0.5) is 4.79 Å². The fourth-order valence-corrected chi connectivity index (χ4v) is 2.65. The number of hydrogen-bond donors (Lipinski definition) is 0. The standard InChI is InChI=1S/C17H16N4O4/c1-19-15(23)13(16(24)20(2)17(19)25)14(22)12-8-18-21(10-12)9-11-6-4-3-5-7-11/h3-8,10,13H,9H2,1-2H3. The summed E-state index contributed by atoms with van der Waals surface area (Å²) in [6.07, 6.45) is 2.81. The molecule has 1 aromatic carbocycles. The number of nitrogens with zero attached hydrogens (tertiary/aromatic N) is 4. The molecule has 0 saturated carbocycles. The lowest BCUT2D eigenvalue weighted by atomic mass is 9.95. The van der Waals surface area contributed by atoms with Crippen molar-refractivity contribution in [3.05, 3.63) is 53.9 Å². The van der Waals surface area contributed by atoms with Gasteiger partial charge in [-0.15, -0.1) is 0 Å². The van der Waals surface area contributed by atoms with Gasteiger partial charge in [-0.25, -0.2) is 4.79 Å². The van der Waals surface area contributed by atoms with Gasteiger partial charge in [0.05, 0.1) is 18.3 Å². The highest BCUT2D eigenvalue weighted by Crippen LogP contribution is 2.20. The molecule has 1 aliphatic rings. The molecule has 0 aliphatic carbocycles. The van der Waals surface area contributed by atoms with Crippen LogP contribution in [0.3, 0.4) is 0 Å².